The van der Waals surface area contributed by atoms with Crippen LogP contribution in [-0.4, -0.2) is 35.5 Å². The molecule has 0 saturated carbocycles. The summed E-state index contributed by atoms with van der Waals surface area (Å²) in [7, 11) is 0. The number of hydrogen-bond acceptors (Lipinski definition) is 3. The number of guanidine groups is 1. The van der Waals surface area contributed by atoms with E-state index in [1.807, 2.05) is 6.92 Å². The number of aliphatic imine (C=N–C) groups is 1. The van der Waals surface area contributed by atoms with E-state index in [1.54, 1.807) is 11.3 Å². The Morgan fingerprint density at radius 3 is 2.47 bits per heavy atom. The fraction of sp³-hybridized carbons (Fsp3) is 0.667. The maximum atomic E-state index is 5.91. The molecule has 0 aliphatic heterocycles. The van der Waals surface area contributed by atoms with Gasteiger partial charge < -0.3 is 10.6 Å². The van der Waals surface area contributed by atoms with Crippen molar-refractivity contribution in [3.8, 4) is 0 Å². The molecule has 0 atom stereocenters. The molecule has 17 heavy (non-hydrogen) atoms. The van der Waals surface area contributed by atoms with Gasteiger partial charge in [-0.3, -0.25) is 4.99 Å². The fourth-order valence-corrected chi connectivity index (χ4v) is 2.65. The Kier molecular flexibility index (Phi) is 5.41. The van der Waals surface area contributed by atoms with Crippen LogP contribution in [0.5, 0.6) is 0 Å². The summed E-state index contributed by atoms with van der Waals surface area (Å²) in [6.45, 7) is 10.8. The predicted octanol–water partition coefficient (Wildman–Crippen LogP) is 1.96. The minimum Gasteiger partial charge on any atom is -0.370 e. The van der Waals surface area contributed by atoms with Gasteiger partial charge in [0, 0.05) is 30.9 Å². The summed E-state index contributed by atoms with van der Waals surface area (Å²) in [6.07, 6.45) is 0.930. The molecule has 0 saturated heterocycles. The summed E-state index contributed by atoms with van der Waals surface area (Å²) in [6, 6.07) is 0. The number of aryl methyl sites for hydroxylation is 2. The van der Waals surface area contributed by atoms with Crippen LogP contribution in [-0.2, 0) is 6.42 Å². The molecule has 0 spiro atoms. The summed E-state index contributed by atoms with van der Waals surface area (Å²) < 4.78 is 0. The van der Waals surface area contributed by atoms with E-state index >= 15 is 0 Å². The van der Waals surface area contributed by atoms with E-state index in [-0.39, 0.29) is 0 Å². The summed E-state index contributed by atoms with van der Waals surface area (Å²) >= 11 is 1.75. The number of nitrogens with zero attached hydrogens (tertiary/aromatic N) is 3. The van der Waals surface area contributed by atoms with Crippen molar-refractivity contribution >= 4 is 17.3 Å². The van der Waals surface area contributed by atoms with Crippen LogP contribution in [0.15, 0.2) is 4.99 Å². The van der Waals surface area contributed by atoms with Crippen molar-refractivity contribution in [1.82, 2.24) is 9.88 Å². The zero-order valence-electron chi connectivity index (χ0n) is 11.2. The van der Waals surface area contributed by atoms with Crippen LogP contribution < -0.4 is 5.73 Å². The Hall–Kier alpha value is -1.10. The Bertz CT molecular complexity index is 380. The smallest absolute Gasteiger partial charge is 0.191 e. The Labute approximate surface area is 108 Å². The van der Waals surface area contributed by atoms with Crippen molar-refractivity contribution in [2.24, 2.45) is 10.7 Å². The van der Waals surface area contributed by atoms with Gasteiger partial charge >= 0.3 is 0 Å². The van der Waals surface area contributed by atoms with Gasteiger partial charge in [0.05, 0.1) is 10.7 Å². The molecule has 1 aromatic heterocycles. The van der Waals surface area contributed by atoms with Crippen LogP contribution in [0.3, 0.4) is 0 Å². The van der Waals surface area contributed by atoms with Crippen molar-refractivity contribution in [3.05, 3.63) is 15.6 Å². The Morgan fingerprint density at radius 2 is 2.00 bits per heavy atom. The lowest BCUT2D eigenvalue weighted by Gasteiger charge is -2.19. The second kappa shape index (κ2) is 6.59. The third-order valence-corrected chi connectivity index (χ3v) is 3.83. The van der Waals surface area contributed by atoms with Gasteiger partial charge in [0.2, 0.25) is 0 Å². The minimum absolute atomic E-state index is 0.647. The van der Waals surface area contributed by atoms with E-state index in [4.69, 9.17) is 5.73 Å². The number of aromatic nitrogens is 1. The lowest BCUT2D eigenvalue weighted by Crippen LogP contribution is -2.37. The van der Waals surface area contributed by atoms with E-state index in [0.717, 1.165) is 36.8 Å². The maximum absolute atomic E-state index is 5.91. The average Bonchev–Trinajstić information content (AvgIpc) is 2.59. The van der Waals surface area contributed by atoms with Gasteiger partial charge in [0.1, 0.15) is 0 Å². The first-order valence-corrected chi connectivity index (χ1v) is 6.87. The largest absolute Gasteiger partial charge is 0.370 e. The molecule has 5 heteroatoms. The SMILES string of the molecule is CCN(CC)C(N)=NCCc1sc(C)nc1C. The molecule has 0 aliphatic carbocycles. The van der Waals surface area contributed by atoms with Crippen LogP contribution in [0.25, 0.3) is 0 Å². The maximum Gasteiger partial charge on any atom is 0.191 e. The molecule has 96 valence electrons. The van der Waals surface area contributed by atoms with E-state index < -0.39 is 0 Å². The van der Waals surface area contributed by atoms with Crippen LogP contribution in [0.1, 0.15) is 29.4 Å². The van der Waals surface area contributed by atoms with Gasteiger partial charge in [-0.25, -0.2) is 4.98 Å². The lowest BCUT2D eigenvalue weighted by atomic mass is 10.3. The summed E-state index contributed by atoms with van der Waals surface area (Å²) in [5, 5.41) is 1.12. The summed E-state index contributed by atoms with van der Waals surface area (Å²) in [5.41, 5.74) is 7.04. The van der Waals surface area contributed by atoms with Gasteiger partial charge in [-0.2, -0.15) is 0 Å². The lowest BCUT2D eigenvalue weighted by molar-refractivity contribution is 0.458. The van der Waals surface area contributed by atoms with Crippen LogP contribution >= 0.6 is 11.3 Å². The van der Waals surface area contributed by atoms with Crippen LogP contribution in [0.4, 0.5) is 0 Å². The standard InChI is InChI=1S/C12H22N4S/c1-5-16(6-2)12(13)14-8-7-11-9(3)15-10(4)17-11/h5-8H2,1-4H3,(H2,13,14). The molecule has 0 fully saturated rings. The number of hydrogen-bond donors (Lipinski definition) is 1. The first kappa shape index (κ1) is 14.0. The van der Waals surface area contributed by atoms with Crippen molar-refractivity contribution in [3.63, 3.8) is 0 Å². The normalized spacial score (nSPS) is 11.9. The average molecular weight is 254 g/mol. The van der Waals surface area contributed by atoms with Crippen LogP contribution in [0, 0.1) is 13.8 Å². The molecule has 2 N–H and O–H groups in total. The zero-order chi connectivity index (χ0) is 12.8. The van der Waals surface area contributed by atoms with Crippen LogP contribution in [0.2, 0.25) is 0 Å². The molecular weight excluding hydrogens is 232 g/mol. The molecule has 1 heterocycles. The van der Waals surface area contributed by atoms with Crippen molar-refractivity contribution < 1.29 is 0 Å². The predicted molar refractivity (Wildman–Crippen MR) is 74.7 cm³/mol. The quantitative estimate of drug-likeness (QED) is 0.645. The molecule has 1 aromatic rings. The molecule has 0 aromatic carbocycles. The van der Waals surface area contributed by atoms with Gasteiger partial charge in [-0.15, -0.1) is 11.3 Å². The molecule has 4 nitrogen and oxygen atoms in total. The zero-order valence-corrected chi connectivity index (χ0v) is 12.0. The van der Waals surface area contributed by atoms with Gasteiger partial charge in [0.25, 0.3) is 0 Å². The Balaban J connectivity index is 2.51. The minimum atomic E-state index is 0.647. The van der Waals surface area contributed by atoms with E-state index in [1.165, 1.54) is 4.88 Å². The van der Waals surface area contributed by atoms with Crippen molar-refractivity contribution in [2.45, 2.75) is 34.1 Å². The highest BCUT2D eigenvalue weighted by molar-refractivity contribution is 7.11. The topological polar surface area (TPSA) is 54.5 Å². The van der Waals surface area contributed by atoms with Gasteiger partial charge in [-0.1, -0.05) is 0 Å². The number of nitrogens with two attached hydrogens (primary N) is 1. The third kappa shape index (κ3) is 4.00. The molecule has 0 radical (unpaired) electrons. The van der Waals surface area contributed by atoms with E-state index in [9.17, 15) is 0 Å². The molecule has 0 bridgehead atoms. The molecular formula is C12H22N4S. The highest BCUT2D eigenvalue weighted by Crippen LogP contribution is 2.17. The second-order valence-corrected chi connectivity index (χ2v) is 5.19. The Morgan fingerprint density at radius 1 is 1.35 bits per heavy atom. The summed E-state index contributed by atoms with van der Waals surface area (Å²) in [4.78, 5) is 12.2. The molecule has 1 rings (SSSR count). The number of thiazole rings is 1. The van der Waals surface area contributed by atoms with Gasteiger partial charge in [-0.05, 0) is 27.7 Å². The highest BCUT2D eigenvalue weighted by Gasteiger charge is 2.05. The summed E-state index contributed by atoms with van der Waals surface area (Å²) in [5.74, 6) is 0.647. The monoisotopic (exact) mass is 254 g/mol. The first-order valence-electron chi connectivity index (χ1n) is 6.06. The van der Waals surface area contributed by atoms with E-state index in [2.05, 4.69) is 35.6 Å². The van der Waals surface area contributed by atoms with Gasteiger partial charge in [0.15, 0.2) is 5.96 Å². The van der Waals surface area contributed by atoms with Crippen molar-refractivity contribution in [2.75, 3.05) is 19.6 Å². The van der Waals surface area contributed by atoms with E-state index in [0.29, 0.717) is 5.96 Å². The molecule has 0 aliphatic rings. The fourth-order valence-electron chi connectivity index (χ4n) is 1.73. The molecule has 0 amide bonds. The van der Waals surface area contributed by atoms with Crippen molar-refractivity contribution in [1.29, 1.82) is 0 Å². The number of rotatable bonds is 5. The second-order valence-electron chi connectivity index (χ2n) is 3.90. The third-order valence-electron chi connectivity index (χ3n) is 2.70. The first-order chi connectivity index (χ1) is 8.08. The molecule has 0 unspecified atom stereocenters. The highest BCUT2D eigenvalue weighted by atomic mass is 32.1.